The number of carbonyl (C=O) groups excluding carboxylic acids is 1. The third-order valence-corrected chi connectivity index (χ3v) is 5.33. The van der Waals surface area contributed by atoms with Gasteiger partial charge in [-0.25, -0.2) is 9.37 Å². The molecule has 3 rings (SSSR count). The second-order valence-corrected chi connectivity index (χ2v) is 7.88. The minimum absolute atomic E-state index is 0.141. The maximum Gasteiger partial charge on any atom is 0.230 e. The number of aromatic nitrogens is 1. The third-order valence-electron chi connectivity index (χ3n) is 3.56. The van der Waals surface area contributed by atoms with Crippen molar-refractivity contribution in [3.8, 4) is 11.3 Å². The van der Waals surface area contributed by atoms with Crippen molar-refractivity contribution < 1.29 is 9.18 Å². The Bertz CT molecular complexity index is 907. The Hall–Kier alpha value is -1.76. The van der Waals surface area contributed by atoms with Gasteiger partial charge < -0.3 is 5.32 Å². The van der Waals surface area contributed by atoms with E-state index in [0.717, 1.165) is 20.6 Å². The Labute approximate surface area is 162 Å². The molecule has 3 aromatic rings. The standard InChI is InChI=1S/C18H13BrClFN2OS/c1-10-17(11-5-7-12(19)8-6-11)23-18(25-10)22-16(24)9-13-14(20)3-2-4-15(13)21/h2-8H,9H2,1H3,(H,22,23,24). The van der Waals surface area contributed by atoms with Gasteiger partial charge in [0.15, 0.2) is 5.13 Å². The second kappa shape index (κ2) is 7.64. The Balaban J connectivity index is 1.76. The van der Waals surface area contributed by atoms with Gasteiger partial charge in [0, 0.05) is 25.5 Å². The molecule has 1 amide bonds. The van der Waals surface area contributed by atoms with Crippen molar-refractivity contribution in [2.75, 3.05) is 5.32 Å². The molecule has 0 unspecified atom stereocenters. The van der Waals surface area contributed by atoms with Crippen LogP contribution < -0.4 is 5.32 Å². The van der Waals surface area contributed by atoms with Gasteiger partial charge in [-0.2, -0.15) is 0 Å². The second-order valence-electron chi connectivity index (χ2n) is 5.36. The van der Waals surface area contributed by atoms with E-state index in [-0.39, 0.29) is 22.9 Å². The summed E-state index contributed by atoms with van der Waals surface area (Å²) in [5.74, 6) is -0.850. The lowest BCUT2D eigenvalue weighted by Gasteiger charge is -2.05. The van der Waals surface area contributed by atoms with Crippen LogP contribution in [-0.4, -0.2) is 10.9 Å². The maximum absolute atomic E-state index is 13.8. The molecular formula is C18H13BrClFN2OS. The summed E-state index contributed by atoms with van der Waals surface area (Å²) in [4.78, 5) is 17.7. The molecule has 25 heavy (non-hydrogen) atoms. The summed E-state index contributed by atoms with van der Waals surface area (Å²) >= 11 is 10.7. The van der Waals surface area contributed by atoms with Gasteiger partial charge in [-0.3, -0.25) is 4.79 Å². The number of hydrogen-bond donors (Lipinski definition) is 1. The summed E-state index contributed by atoms with van der Waals surface area (Å²) in [6, 6.07) is 12.1. The Kier molecular flexibility index (Phi) is 5.51. The van der Waals surface area contributed by atoms with Crippen molar-refractivity contribution >= 4 is 49.9 Å². The first kappa shape index (κ1) is 18.0. The summed E-state index contributed by atoms with van der Waals surface area (Å²) < 4.78 is 14.8. The van der Waals surface area contributed by atoms with Crippen molar-refractivity contribution in [2.24, 2.45) is 0 Å². The van der Waals surface area contributed by atoms with Crippen LogP contribution >= 0.6 is 38.9 Å². The molecule has 7 heteroatoms. The van der Waals surface area contributed by atoms with E-state index >= 15 is 0 Å². The number of rotatable bonds is 4. The minimum atomic E-state index is -0.492. The van der Waals surface area contributed by atoms with Gasteiger partial charge in [-0.15, -0.1) is 11.3 Å². The molecule has 0 aliphatic rings. The number of amides is 1. The molecule has 0 radical (unpaired) electrons. The summed E-state index contributed by atoms with van der Waals surface area (Å²) in [6.07, 6.45) is -0.141. The molecule has 1 aromatic heterocycles. The molecular weight excluding hydrogens is 427 g/mol. The molecule has 0 aliphatic carbocycles. The lowest BCUT2D eigenvalue weighted by molar-refractivity contribution is -0.115. The van der Waals surface area contributed by atoms with Crippen LogP contribution in [0.3, 0.4) is 0 Å². The number of halogens is 3. The van der Waals surface area contributed by atoms with Gasteiger partial charge in [0.05, 0.1) is 12.1 Å². The minimum Gasteiger partial charge on any atom is -0.302 e. The SMILES string of the molecule is Cc1sc(NC(=O)Cc2c(F)cccc2Cl)nc1-c1ccc(Br)cc1. The van der Waals surface area contributed by atoms with E-state index in [2.05, 4.69) is 26.2 Å². The lowest BCUT2D eigenvalue weighted by Crippen LogP contribution is -2.15. The molecule has 0 spiro atoms. The van der Waals surface area contributed by atoms with E-state index in [1.165, 1.54) is 23.5 Å². The van der Waals surface area contributed by atoms with E-state index in [9.17, 15) is 9.18 Å². The number of nitrogens with zero attached hydrogens (tertiary/aromatic N) is 1. The zero-order valence-corrected chi connectivity index (χ0v) is 16.3. The largest absolute Gasteiger partial charge is 0.302 e. The molecule has 1 heterocycles. The fraction of sp³-hybridized carbons (Fsp3) is 0.111. The smallest absolute Gasteiger partial charge is 0.230 e. The Morgan fingerprint density at radius 1 is 1.28 bits per heavy atom. The van der Waals surface area contributed by atoms with Crippen LogP contribution in [0.2, 0.25) is 5.02 Å². The van der Waals surface area contributed by atoms with Gasteiger partial charge in [-0.1, -0.05) is 45.7 Å². The molecule has 0 saturated heterocycles. The normalized spacial score (nSPS) is 10.7. The molecule has 0 aliphatic heterocycles. The highest BCUT2D eigenvalue weighted by molar-refractivity contribution is 9.10. The fourth-order valence-corrected chi connectivity index (χ4v) is 3.70. The van der Waals surface area contributed by atoms with Gasteiger partial charge in [0.2, 0.25) is 5.91 Å². The van der Waals surface area contributed by atoms with Crippen LogP contribution in [0.1, 0.15) is 10.4 Å². The van der Waals surface area contributed by atoms with Gasteiger partial charge >= 0.3 is 0 Å². The van der Waals surface area contributed by atoms with Crippen molar-refractivity contribution in [3.63, 3.8) is 0 Å². The van der Waals surface area contributed by atoms with E-state index in [1.54, 1.807) is 6.07 Å². The topological polar surface area (TPSA) is 42.0 Å². The van der Waals surface area contributed by atoms with Gasteiger partial charge in [-0.05, 0) is 31.2 Å². The van der Waals surface area contributed by atoms with Gasteiger partial charge in [0.25, 0.3) is 0 Å². The van der Waals surface area contributed by atoms with Crippen LogP contribution in [-0.2, 0) is 11.2 Å². The van der Waals surface area contributed by atoms with E-state index in [4.69, 9.17) is 11.6 Å². The van der Waals surface area contributed by atoms with Gasteiger partial charge in [0.1, 0.15) is 5.82 Å². The molecule has 1 N–H and O–H groups in total. The quantitative estimate of drug-likeness (QED) is 0.553. The van der Waals surface area contributed by atoms with E-state index in [1.807, 2.05) is 31.2 Å². The number of carbonyl (C=O) groups is 1. The van der Waals surface area contributed by atoms with Crippen molar-refractivity contribution in [1.82, 2.24) is 4.98 Å². The van der Waals surface area contributed by atoms with Crippen LogP contribution in [0.25, 0.3) is 11.3 Å². The number of nitrogens with one attached hydrogen (secondary N) is 1. The van der Waals surface area contributed by atoms with Crippen molar-refractivity contribution in [2.45, 2.75) is 13.3 Å². The maximum atomic E-state index is 13.8. The van der Waals surface area contributed by atoms with E-state index in [0.29, 0.717) is 5.13 Å². The first-order valence-electron chi connectivity index (χ1n) is 7.40. The Morgan fingerprint density at radius 2 is 2.00 bits per heavy atom. The molecule has 0 bridgehead atoms. The average molecular weight is 440 g/mol. The zero-order chi connectivity index (χ0) is 18.0. The Morgan fingerprint density at radius 3 is 2.68 bits per heavy atom. The molecule has 128 valence electrons. The highest BCUT2D eigenvalue weighted by atomic mass is 79.9. The predicted octanol–water partition coefficient (Wildman–Crippen LogP) is 5.85. The van der Waals surface area contributed by atoms with Crippen LogP contribution in [0.5, 0.6) is 0 Å². The molecule has 0 atom stereocenters. The van der Waals surface area contributed by atoms with E-state index < -0.39 is 5.82 Å². The fourth-order valence-electron chi connectivity index (χ4n) is 2.35. The van der Waals surface area contributed by atoms with Crippen LogP contribution in [0.4, 0.5) is 9.52 Å². The molecule has 3 nitrogen and oxygen atoms in total. The summed E-state index contributed by atoms with van der Waals surface area (Å²) in [5.41, 5.74) is 1.97. The van der Waals surface area contributed by atoms with Crippen molar-refractivity contribution in [1.29, 1.82) is 0 Å². The summed E-state index contributed by atoms with van der Waals surface area (Å²) in [5, 5.41) is 3.44. The van der Waals surface area contributed by atoms with Crippen LogP contribution in [0, 0.1) is 12.7 Å². The molecule has 0 saturated carbocycles. The number of thiazole rings is 1. The molecule has 2 aromatic carbocycles. The van der Waals surface area contributed by atoms with Crippen LogP contribution in [0.15, 0.2) is 46.9 Å². The summed E-state index contributed by atoms with van der Waals surface area (Å²) in [6.45, 7) is 1.94. The summed E-state index contributed by atoms with van der Waals surface area (Å²) in [7, 11) is 0. The first-order chi connectivity index (χ1) is 11.9. The zero-order valence-electron chi connectivity index (χ0n) is 13.1. The number of hydrogen-bond acceptors (Lipinski definition) is 3. The predicted molar refractivity (Wildman–Crippen MR) is 104 cm³/mol. The highest BCUT2D eigenvalue weighted by Gasteiger charge is 2.15. The number of aryl methyl sites for hydroxylation is 1. The highest BCUT2D eigenvalue weighted by Crippen LogP contribution is 2.31. The number of anilines is 1. The molecule has 0 fully saturated rings. The number of benzene rings is 2. The first-order valence-corrected chi connectivity index (χ1v) is 9.39. The lowest BCUT2D eigenvalue weighted by atomic mass is 10.1. The monoisotopic (exact) mass is 438 g/mol. The van der Waals surface area contributed by atoms with Crippen molar-refractivity contribution in [3.05, 3.63) is 68.2 Å². The third kappa shape index (κ3) is 4.26. The average Bonchev–Trinajstić information content (AvgIpc) is 2.92.